The molecule has 1 aromatic carbocycles. The van der Waals surface area contributed by atoms with E-state index in [2.05, 4.69) is 11.8 Å². The van der Waals surface area contributed by atoms with Crippen molar-refractivity contribution in [1.29, 1.82) is 0 Å². The van der Waals surface area contributed by atoms with Gasteiger partial charge in [-0.05, 0) is 44.0 Å². The van der Waals surface area contributed by atoms with Crippen molar-refractivity contribution in [3.63, 3.8) is 0 Å². The first kappa shape index (κ1) is 19.6. The van der Waals surface area contributed by atoms with Gasteiger partial charge in [0.15, 0.2) is 9.84 Å². The van der Waals surface area contributed by atoms with Gasteiger partial charge in [-0.2, -0.15) is 8.42 Å². The molecule has 0 fully saturated rings. The van der Waals surface area contributed by atoms with Crippen LogP contribution in [0.5, 0.6) is 0 Å². The molecule has 0 aliphatic heterocycles. The third-order valence-corrected chi connectivity index (χ3v) is 5.79. The Balaban J connectivity index is 2.54. The highest BCUT2D eigenvalue weighted by Gasteiger charge is 2.17. The summed E-state index contributed by atoms with van der Waals surface area (Å²) in [4.78, 5) is 0.0572. The molecule has 0 aromatic heterocycles. The summed E-state index contributed by atoms with van der Waals surface area (Å²) in [5, 5.41) is 0. The fourth-order valence-corrected chi connectivity index (χ4v) is 4.23. The molecule has 0 aliphatic carbocycles. The first-order chi connectivity index (χ1) is 10.6. The number of hydrogen-bond donors (Lipinski definition) is 1. The van der Waals surface area contributed by atoms with Crippen molar-refractivity contribution in [2.75, 3.05) is 11.5 Å². The van der Waals surface area contributed by atoms with Crippen molar-refractivity contribution < 1.29 is 25.8 Å². The van der Waals surface area contributed by atoms with Crippen LogP contribution in [0.15, 0.2) is 29.2 Å². The van der Waals surface area contributed by atoms with E-state index in [-0.39, 0.29) is 10.6 Å². The van der Waals surface area contributed by atoms with Crippen molar-refractivity contribution in [1.82, 2.24) is 0 Å². The molecule has 0 amide bonds. The second kappa shape index (κ2) is 8.43. The Morgan fingerprint density at radius 1 is 1.13 bits per heavy atom. The minimum atomic E-state index is -4.11. The standard InChI is InChI=1S/C15H19FO5S2/c1-2-5-13(12-23(19,20)21)6-3-4-11-22(17,18)15-9-7-14(16)8-10-15/h7-10,13H,3-4,6,11-12H2,1H3,(H,19,20,21). The van der Waals surface area contributed by atoms with Crippen molar-refractivity contribution in [3.8, 4) is 11.8 Å². The molecule has 5 nitrogen and oxygen atoms in total. The van der Waals surface area contributed by atoms with Gasteiger partial charge in [0.25, 0.3) is 10.1 Å². The summed E-state index contributed by atoms with van der Waals surface area (Å²) in [7, 11) is -7.61. The Labute approximate surface area is 136 Å². The third-order valence-electron chi connectivity index (χ3n) is 3.15. The fraction of sp³-hybridized carbons (Fsp3) is 0.467. The maximum atomic E-state index is 12.8. The molecule has 0 saturated carbocycles. The van der Waals surface area contributed by atoms with Gasteiger partial charge in [-0.3, -0.25) is 4.55 Å². The number of benzene rings is 1. The zero-order chi connectivity index (χ0) is 17.5. The van der Waals surface area contributed by atoms with E-state index in [1.165, 1.54) is 12.1 Å². The largest absolute Gasteiger partial charge is 0.286 e. The molecule has 8 heteroatoms. The molecule has 1 atom stereocenters. The molecule has 1 unspecified atom stereocenters. The van der Waals surface area contributed by atoms with Crippen LogP contribution in [0.3, 0.4) is 0 Å². The monoisotopic (exact) mass is 362 g/mol. The predicted molar refractivity (Wildman–Crippen MR) is 85.7 cm³/mol. The average Bonchev–Trinajstić information content (AvgIpc) is 2.42. The van der Waals surface area contributed by atoms with Crippen LogP contribution in [0, 0.1) is 23.6 Å². The normalized spacial score (nSPS) is 13.2. The molecule has 0 heterocycles. The Morgan fingerprint density at radius 3 is 2.26 bits per heavy atom. The SMILES string of the molecule is CC#CC(CCCCS(=O)(=O)c1ccc(F)cc1)CS(=O)(=O)O. The van der Waals surface area contributed by atoms with Crippen LogP contribution >= 0.6 is 0 Å². The van der Waals surface area contributed by atoms with Crippen LogP contribution in [0.1, 0.15) is 26.2 Å². The number of unbranched alkanes of at least 4 members (excludes halogenated alkanes) is 1. The minimum absolute atomic E-state index is 0.0572. The van der Waals surface area contributed by atoms with E-state index in [0.29, 0.717) is 19.3 Å². The van der Waals surface area contributed by atoms with Crippen molar-refractivity contribution in [2.45, 2.75) is 31.1 Å². The Hall–Kier alpha value is -1.43. The first-order valence-corrected chi connectivity index (χ1v) is 10.3. The van der Waals surface area contributed by atoms with Crippen LogP contribution in [-0.4, -0.2) is 32.9 Å². The van der Waals surface area contributed by atoms with Gasteiger partial charge in [0, 0.05) is 5.92 Å². The van der Waals surface area contributed by atoms with E-state index in [0.717, 1.165) is 12.1 Å². The lowest BCUT2D eigenvalue weighted by Crippen LogP contribution is -2.14. The van der Waals surface area contributed by atoms with Crippen LogP contribution in [0.4, 0.5) is 4.39 Å². The molecule has 0 saturated heterocycles. The summed E-state index contributed by atoms with van der Waals surface area (Å²) in [6.45, 7) is 1.57. The molecule has 1 rings (SSSR count). The number of rotatable bonds is 8. The van der Waals surface area contributed by atoms with E-state index in [1.807, 2.05) is 0 Å². The Kier molecular flexibility index (Phi) is 7.19. The Morgan fingerprint density at radius 2 is 1.74 bits per heavy atom. The van der Waals surface area contributed by atoms with Crippen LogP contribution in [0.2, 0.25) is 0 Å². The maximum Gasteiger partial charge on any atom is 0.266 e. The lowest BCUT2D eigenvalue weighted by molar-refractivity contribution is 0.470. The van der Waals surface area contributed by atoms with E-state index in [1.54, 1.807) is 6.92 Å². The highest BCUT2D eigenvalue weighted by molar-refractivity contribution is 7.91. The second-order valence-corrected chi connectivity index (χ2v) is 8.71. The van der Waals surface area contributed by atoms with Gasteiger partial charge >= 0.3 is 0 Å². The molecular formula is C15H19FO5S2. The van der Waals surface area contributed by atoms with Crippen LogP contribution in [0.25, 0.3) is 0 Å². The van der Waals surface area contributed by atoms with Gasteiger partial charge in [0.05, 0.1) is 16.4 Å². The smallest absolute Gasteiger partial charge is 0.266 e. The zero-order valence-electron chi connectivity index (χ0n) is 12.7. The summed E-state index contributed by atoms with van der Waals surface area (Å²) in [5.74, 6) is 3.69. The van der Waals surface area contributed by atoms with E-state index in [9.17, 15) is 21.2 Å². The van der Waals surface area contributed by atoms with Crippen molar-refractivity contribution in [3.05, 3.63) is 30.1 Å². The molecule has 0 bridgehead atoms. The summed E-state index contributed by atoms with van der Waals surface area (Å²) in [6, 6.07) is 4.61. The Bertz CT molecular complexity index is 771. The second-order valence-electron chi connectivity index (χ2n) is 5.11. The molecule has 1 aromatic rings. The average molecular weight is 362 g/mol. The molecule has 0 spiro atoms. The molecular weight excluding hydrogens is 343 g/mol. The van der Waals surface area contributed by atoms with Gasteiger partial charge in [-0.1, -0.05) is 12.3 Å². The van der Waals surface area contributed by atoms with Gasteiger partial charge in [0.2, 0.25) is 0 Å². The molecule has 1 N–H and O–H groups in total. The van der Waals surface area contributed by atoms with Crippen LogP contribution < -0.4 is 0 Å². The van der Waals surface area contributed by atoms with Crippen LogP contribution in [-0.2, 0) is 20.0 Å². The van der Waals surface area contributed by atoms with Gasteiger partial charge in [-0.15, -0.1) is 5.92 Å². The number of halogens is 1. The van der Waals surface area contributed by atoms with Gasteiger partial charge in [-0.25, -0.2) is 12.8 Å². The number of hydrogen-bond acceptors (Lipinski definition) is 4. The van der Waals surface area contributed by atoms with Crippen molar-refractivity contribution in [2.24, 2.45) is 5.92 Å². The summed E-state index contributed by atoms with van der Waals surface area (Å²) < 4.78 is 67.5. The molecule has 0 aliphatic rings. The summed E-state index contributed by atoms with van der Waals surface area (Å²) in [5.41, 5.74) is 0. The molecule has 23 heavy (non-hydrogen) atoms. The lowest BCUT2D eigenvalue weighted by atomic mass is 10.1. The molecule has 0 radical (unpaired) electrons. The zero-order valence-corrected chi connectivity index (χ0v) is 14.3. The predicted octanol–water partition coefficient (Wildman–Crippen LogP) is 2.30. The fourth-order valence-electron chi connectivity index (χ4n) is 2.10. The summed E-state index contributed by atoms with van der Waals surface area (Å²) >= 11 is 0. The maximum absolute atomic E-state index is 12.8. The highest BCUT2D eigenvalue weighted by atomic mass is 32.2. The quantitative estimate of drug-likeness (QED) is 0.332. The van der Waals surface area contributed by atoms with Crippen molar-refractivity contribution >= 4 is 20.0 Å². The first-order valence-electron chi connectivity index (χ1n) is 7.00. The third kappa shape index (κ3) is 7.59. The highest BCUT2D eigenvalue weighted by Crippen LogP contribution is 2.16. The van der Waals surface area contributed by atoms with Gasteiger partial charge < -0.3 is 0 Å². The van der Waals surface area contributed by atoms with Gasteiger partial charge in [0.1, 0.15) is 5.82 Å². The number of sulfone groups is 1. The molecule has 128 valence electrons. The van der Waals surface area contributed by atoms with E-state index in [4.69, 9.17) is 4.55 Å². The minimum Gasteiger partial charge on any atom is -0.286 e. The summed E-state index contributed by atoms with van der Waals surface area (Å²) in [6.07, 6.45) is 1.15. The van der Waals surface area contributed by atoms with E-state index < -0.39 is 37.4 Å². The van der Waals surface area contributed by atoms with E-state index >= 15 is 0 Å². The lowest BCUT2D eigenvalue weighted by Gasteiger charge is -2.09. The topological polar surface area (TPSA) is 88.5 Å².